The number of benzene rings is 1. The minimum absolute atomic E-state index is 0.219. The first-order valence-corrected chi connectivity index (χ1v) is 7.00. The van der Waals surface area contributed by atoms with E-state index in [1.807, 2.05) is 6.07 Å². The molecule has 0 spiro atoms. The fourth-order valence-electron chi connectivity index (χ4n) is 2.48. The van der Waals surface area contributed by atoms with Gasteiger partial charge in [-0.15, -0.1) is 0 Å². The molecule has 1 heterocycles. The summed E-state index contributed by atoms with van der Waals surface area (Å²) in [4.78, 5) is 2.25. The molecule has 0 radical (unpaired) electrons. The standard InChI is InChI=1S/C14H21ClN2O/c1-2-16-9-11-5-6-12(8-14(11)15)17-7-3-4-13(17)10-18/h5-6,8,13,16,18H,2-4,7,9-10H2,1H3. The molecule has 2 N–H and O–H groups in total. The molecule has 0 saturated carbocycles. The molecular weight excluding hydrogens is 248 g/mol. The van der Waals surface area contributed by atoms with E-state index in [9.17, 15) is 5.11 Å². The van der Waals surface area contributed by atoms with Crippen LogP contribution in [0.1, 0.15) is 25.3 Å². The highest BCUT2D eigenvalue weighted by molar-refractivity contribution is 6.31. The molecule has 0 bridgehead atoms. The fraction of sp³-hybridized carbons (Fsp3) is 0.571. The van der Waals surface area contributed by atoms with Gasteiger partial charge >= 0.3 is 0 Å². The molecule has 1 aromatic carbocycles. The van der Waals surface area contributed by atoms with Gasteiger partial charge in [0.05, 0.1) is 12.6 Å². The minimum atomic E-state index is 0.219. The average molecular weight is 269 g/mol. The quantitative estimate of drug-likeness (QED) is 0.861. The molecule has 4 heteroatoms. The van der Waals surface area contributed by atoms with Crippen LogP contribution < -0.4 is 10.2 Å². The Morgan fingerprint density at radius 1 is 1.50 bits per heavy atom. The predicted octanol–water partition coefficient (Wildman–Crippen LogP) is 2.41. The third-order valence-electron chi connectivity index (χ3n) is 3.52. The summed E-state index contributed by atoms with van der Waals surface area (Å²) in [5, 5.41) is 13.4. The van der Waals surface area contributed by atoms with Crippen molar-refractivity contribution >= 4 is 17.3 Å². The predicted molar refractivity (Wildman–Crippen MR) is 76.3 cm³/mol. The Morgan fingerprint density at radius 3 is 3.00 bits per heavy atom. The molecular formula is C14H21ClN2O. The van der Waals surface area contributed by atoms with Gasteiger partial charge in [-0.2, -0.15) is 0 Å². The average Bonchev–Trinajstić information content (AvgIpc) is 2.85. The van der Waals surface area contributed by atoms with Gasteiger partial charge in [0.25, 0.3) is 0 Å². The molecule has 0 amide bonds. The minimum Gasteiger partial charge on any atom is -0.394 e. The second kappa shape index (κ2) is 6.41. The normalized spacial score (nSPS) is 19.5. The number of hydrogen-bond acceptors (Lipinski definition) is 3. The van der Waals surface area contributed by atoms with E-state index in [0.717, 1.165) is 48.7 Å². The zero-order chi connectivity index (χ0) is 13.0. The topological polar surface area (TPSA) is 35.5 Å². The Balaban J connectivity index is 2.12. The maximum absolute atomic E-state index is 9.35. The number of anilines is 1. The van der Waals surface area contributed by atoms with Crippen molar-refractivity contribution in [1.29, 1.82) is 0 Å². The van der Waals surface area contributed by atoms with Crippen molar-refractivity contribution in [2.45, 2.75) is 32.4 Å². The molecule has 18 heavy (non-hydrogen) atoms. The van der Waals surface area contributed by atoms with Gasteiger partial charge in [-0.1, -0.05) is 24.6 Å². The molecule has 2 rings (SSSR count). The van der Waals surface area contributed by atoms with E-state index in [4.69, 9.17) is 11.6 Å². The highest BCUT2D eigenvalue weighted by Crippen LogP contribution is 2.29. The Bertz CT molecular complexity index is 397. The van der Waals surface area contributed by atoms with Crippen LogP contribution in [0.3, 0.4) is 0 Å². The zero-order valence-electron chi connectivity index (χ0n) is 10.8. The largest absolute Gasteiger partial charge is 0.394 e. The monoisotopic (exact) mass is 268 g/mol. The van der Waals surface area contributed by atoms with Crippen molar-refractivity contribution in [1.82, 2.24) is 5.32 Å². The van der Waals surface area contributed by atoms with Gasteiger partial charge in [0.2, 0.25) is 0 Å². The summed E-state index contributed by atoms with van der Waals surface area (Å²) in [5.41, 5.74) is 2.25. The molecule has 100 valence electrons. The van der Waals surface area contributed by atoms with Crippen molar-refractivity contribution in [3.8, 4) is 0 Å². The number of nitrogens with zero attached hydrogens (tertiary/aromatic N) is 1. The first-order chi connectivity index (χ1) is 8.76. The van der Waals surface area contributed by atoms with E-state index in [-0.39, 0.29) is 12.6 Å². The number of nitrogens with one attached hydrogen (secondary N) is 1. The van der Waals surface area contributed by atoms with E-state index in [1.54, 1.807) is 0 Å². The van der Waals surface area contributed by atoms with Gasteiger partial charge in [0, 0.05) is 23.8 Å². The van der Waals surface area contributed by atoms with Crippen molar-refractivity contribution < 1.29 is 5.11 Å². The molecule has 1 atom stereocenters. The SMILES string of the molecule is CCNCc1ccc(N2CCCC2CO)cc1Cl. The summed E-state index contributed by atoms with van der Waals surface area (Å²) in [6.07, 6.45) is 2.20. The lowest BCUT2D eigenvalue weighted by Crippen LogP contribution is -2.32. The number of rotatable bonds is 5. The summed E-state index contributed by atoms with van der Waals surface area (Å²) in [5.74, 6) is 0. The lowest BCUT2D eigenvalue weighted by molar-refractivity contribution is 0.266. The Morgan fingerprint density at radius 2 is 2.33 bits per heavy atom. The van der Waals surface area contributed by atoms with E-state index in [0.29, 0.717) is 0 Å². The van der Waals surface area contributed by atoms with Crippen LogP contribution in [0.2, 0.25) is 5.02 Å². The maximum Gasteiger partial charge on any atom is 0.0635 e. The lowest BCUT2D eigenvalue weighted by atomic mass is 10.1. The molecule has 1 unspecified atom stereocenters. The summed E-state index contributed by atoms with van der Waals surface area (Å²) >= 11 is 6.31. The molecule has 1 aromatic rings. The number of aliphatic hydroxyl groups excluding tert-OH is 1. The third kappa shape index (κ3) is 2.97. The lowest BCUT2D eigenvalue weighted by Gasteiger charge is -2.25. The van der Waals surface area contributed by atoms with Gasteiger partial charge in [-0.3, -0.25) is 0 Å². The van der Waals surface area contributed by atoms with Crippen LogP contribution >= 0.6 is 11.6 Å². The van der Waals surface area contributed by atoms with Crippen LogP contribution in [-0.4, -0.2) is 30.8 Å². The van der Waals surface area contributed by atoms with Crippen molar-refractivity contribution in [2.75, 3.05) is 24.6 Å². The van der Waals surface area contributed by atoms with Gasteiger partial charge in [-0.05, 0) is 37.1 Å². The molecule has 3 nitrogen and oxygen atoms in total. The summed E-state index contributed by atoms with van der Waals surface area (Å²) in [6.45, 7) is 5.05. The highest BCUT2D eigenvalue weighted by Gasteiger charge is 2.24. The van der Waals surface area contributed by atoms with Crippen LogP contribution in [0, 0.1) is 0 Å². The van der Waals surface area contributed by atoms with E-state index in [2.05, 4.69) is 29.3 Å². The zero-order valence-corrected chi connectivity index (χ0v) is 11.6. The summed E-state index contributed by atoms with van der Waals surface area (Å²) in [6, 6.07) is 6.45. The van der Waals surface area contributed by atoms with Gasteiger partial charge < -0.3 is 15.3 Å². The van der Waals surface area contributed by atoms with Crippen LogP contribution in [-0.2, 0) is 6.54 Å². The molecule has 1 saturated heterocycles. The van der Waals surface area contributed by atoms with Gasteiger partial charge in [0.15, 0.2) is 0 Å². The van der Waals surface area contributed by atoms with E-state index < -0.39 is 0 Å². The molecule has 0 aromatic heterocycles. The number of aliphatic hydroxyl groups is 1. The summed E-state index contributed by atoms with van der Waals surface area (Å²) in [7, 11) is 0. The summed E-state index contributed by atoms with van der Waals surface area (Å²) < 4.78 is 0. The highest BCUT2D eigenvalue weighted by atomic mass is 35.5. The van der Waals surface area contributed by atoms with E-state index >= 15 is 0 Å². The second-order valence-corrected chi connectivity index (χ2v) is 5.14. The van der Waals surface area contributed by atoms with E-state index in [1.165, 1.54) is 0 Å². The Hall–Kier alpha value is -0.770. The van der Waals surface area contributed by atoms with Gasteiger partial charge in [0.1, 0.15) is 0 Å². The maximum atomic E-state index is 9.35. The molecule has 1 aliphatic heterocycles. The second-order valence-electron chi connectivity index (χ2n) is 4.73. The molecule has 1 fully saturated rings. The first-order valence-electron chi connectivity index (χ1n) is 6.63. The first kappa shape index (κ1) is 13.7. The third-order valence-corrected chi connectivity index (χ3v) is 3.87. The van der Waals surface area contributed by atoms with Crippen molar-refractivity contribution in [2.24, 2.45) is 0 Å². The smallest absolute Gasteiger partial charge is 0.0635 e. The Labute approximate surface area is 114 Å². The van der Waals surface area contributed by atoms with Crippen molar-refractivity contribution in [3.05, 3.63) is 28.8 Å². The van der Waals surface area contributed by atoms with Crippen molar-refractivity contribution in [3.63, 3.8) is 0 Å². The number of hydrogen-bond donors (Lipinski definition) is 2. The van der Waals surface area contributed by atoms with Crippen LogP contribution in [0.5, 0.6) is 0 Å². The van der Waals surface area contributed by atoms with Crippen LogP contribution in [0.4, 0.5) is 5.69 Å². The fourth-order valence-corrected chi connectivity index (χ4v) is 2.72. The Kier molecular flexibility index (Phi) is 4.87. The molecule has 1 aliphatic rings. The molecule has 0 aliphatic carbocycles. The van der Waals surface area contributed by atoms with Gasteiger partial charge in [-0.25, -0.2) is 0 Å². The van der Waals surface area contributed by atoms with Crippen LogP contribution in [0.25, 0.3) is 0 Å². The number of halogens is 1. The van der Waals surface area contributed by atoms with Crippen LogP contribution in [0.15, 0.2) is 18.2 Å².